The summed E-state index contributed by atoms with van der Waals surface area (Å²) in [7, 11) is 0. The Morgan fingerprint density at radius 1 is 1.57 bits per heavy atom. The van der Waals surface area contributed by atoms with Crippen LogP contribution in [0.2, 0.25) is 0 Å². The Hall–Kier alpha value is -1.45. The normalized spacial score (nSPS) is 21.7. The second kappa shape index (κ2) is 3.36. The van der Waals surface area contributed by atoms with Gasteiger partial charge < -0.3 is 0 Å². The van der Waals surface area contributed by atoms with Crippen molar-refractivity contribution in [1.82, 2.24) is 4.98 Å². The van der Waals surface area contributed by atoms with Gasteiger partial charge in [0.1, 0.15) is 5.82 Å². The number of halogens is 1. The minimum atomic E-state index is -1.35. The van der Waals surface area contributed by atoms with Gasteiger partial charge in [-0.1, -0.05) is 6.07 Å². The molecule has 14 heavy (non-hydrogen) atoms. The fraction of sp³-hybridized carbons (Fsp3) is 0.400. The summed E-state index contributed by atoms with van der Waals surface area (Å²) in [6.45, 7) is 2.34. The van der Waals surface area contributed by atoms with Crippen LogP contribution < -0.4 is 4.90 Å². The van der Waals surface area contributed by atoms with E-state index in [1.807, 2.05) is 13.0 Å². The van der Waals surface area contributed by atoms with Gasteiger partial charge in [-0.25, -0.2) is 9.37 Å². The number of alkyl halides is 1. The Balaban J connectivity index is 2.24. The van der Waals surface area contributed by atoms with Crippen LogP contribution in [0.4, 0.5) is 10.2 Å². The van der Waals surface area contributed by atoms with E-state index in [4.69, 9.17) is 0 Å². The van der Waals surface area contributed by atoms with E-state index >= 15 is 0 Å². The van der Waals surface area contributed by atoms with E-state index in [1.165, 1.54) is 4.90 Å². The van der Waals surface area contributed by atoms with Gasteiger partial charge >= 0.3 is 0 Å². The van der Waals surface area contributed by atoms with Crippen molar-refractivity contribution in [3.05, 3.63) is 23.9 Å². The second-order valence-electron chi connectivity index (χ2n) is 3.44. The molecule has 2 rings (SSSR count). The fourth-order valence-corrected chi connectivity index (χ4v) is 1.49. The third-order valence-corrected chi connectivity index (χ3v) is 2.31. The molecule has 1 saturated heterocycles. The van der Waals surface area contributed by atoms with Gasteiger partial charge in [0.15, 0.2) is 6.17 Å². The van der Waals surface area contributed by atoms with E-state index in [2.05, 4.69) is 4.98 Å². The number of hydrogen-bond donors (Lipinski definition) is 0. The Morgan fingerprint density at radius 2 is 2.36 bits per heavy atom. The van der Waals surface area contributed by atoms with Crippen LogP contribution in [-0.4, -0.2) is 23.6 Å². The number of aromatic nitrogens is 1. The summed E-state index contributed by atoms with van der Waals surface area (Å²) >= 11 is 0. The first-order valence-corrected chi connectivity index (χ1v) is 4.56. The van der Waals surface area contributed by atoms with Crippen molar-refractivity contribution in [2.45, 2.75) is 19.5 Å². The maximum Gasteiger partial charge on any atom is 0.262 e. The van der Waals surface area contributed by atoms with Crippen molar-refractivity contribution >= 4 is 11.7 Å². The summed E-state index contributed by atoms with van der Waals surface area (Å²) in [5.41, 5.74) is 1.03. The van der Waals surface area contributed by atoms with E-state index in [0.29, 0.717) is 12.4 Å². The van der Waals surface area contributed by atoms with Crippen LogP contribution in [0.1, 0.15) is 12.0 Å². The predicted molar refractivity (Wildman–Crippen MR) is 50.8 cm³/mol. The number of amides is 1. The molecular weight excluding hydrogens is 183 g/mol. The number of carbonyl (C=O) groups is 1. The number of hydrogen-bond acceptors (Lipinski definition) is 2. The molecule has 74 valence electrons. The smallest absolute Gasteiger partial charge is 0.262 e. The average molecular weight is 194 g/mol. The highest BCUT2D eigenvalue weighted by atomic mass is 19.1. The van der Waals surface area contributed by atoms with Gasteiger partial charge in [-0.2, -0.15) is 0 Å². The Morgan fingerprint density at radius 3 is 2.86 bits per heavy atom. The van der Waals surface area contributed by atoms with Gasteiger partial charge in [0.05, 0.1) is 0 Å². The topological polar surface area (TPSA) is 33.2 Å². The summed E-state index contributed by atoms with van der Waals surface area (Å²) in [6, 6.07) is 3.60. The number of aryl methyl sites for hydroxylation is 1. The molecule has 0 N–H and O–H groups in total. The SMILES string of the molecule is Cc1ccc(N2CCC(F)C2=O)nc1. The quantitative estimate of drug-likeness (QED) is 0.678. The van der Waals surface area contributed by atoms with Crippen LogP contribution in [0.3, 0.4) is 0 Å². The molecule has 1 aliphatic rings. The first kappa shape index (κ1) is 9.12. The summed E-state index contributed by atoms with van der Waals surface area (Å²) < 4.78 is 12.9. The zero-order chi connectivity index (χ0) is 10.1. The third kappa shape index (κ3) is 1.47. The number of anilines is 1. The van der Waals surface area contributed by atoms with E-state index in [0.717, 1.165) is 5.56 Å². The van der Waals surface area contributed by atoms with E-state index < -0.39 is 12.1 Å². The molecule has 1 aromatic rings. The minimum Gasteiger partial charge on any atom is -0.294 e. The molecule has 1 atom stereocenters. The number of rotatable bonds is 1. The van der Waals surface area contributed by atoms with Gasteiger partial charge in [0.25, 0.3) is 5.91 Å². The Kier molecular flexibility index (Phi) is 2.19. The zero-order valence-corrected chi connectivity index (χ0v) is 7.90. The molecule has 0 bridgehead atoms. The van der Waals surface area contributed by atoms with Gasteiger partial charge in [-0.05, 0) is 18.6 Å². The van der Waals surface area contributed by atoms with Gasteiger partial charge in [-0.15, -0.1) is 0 Å². The number of carbonyl (C=O) groups excluding carboxylic acids is 1. The molecule has 1 aliphatic heterocycles. The summed E-state index contributed by atoms with van der Waals surface area (Å²) in [5.74, 6) is 0.0714. The number of nitrogens with zero attached hydrogens (tertiary/aromatic N) is 2. The van der Waals surface area contributed by atoms with Crippen LogP contribution in [0.15, 0.2) is 18.3 Å². The van der Waals surface area contributed by atoms with E-state index in [9.17, 15) is 9.18 Å². The molecule has 3 nitrogen and oxygen atoms in total. The fourth-order valence-electron chi connectivity index (χ4n) is 1.49. The van der Waals surface area contributed by atoms with Crippen LogP contribution in [0.5, 0.6) is 0 Å². The number of pyridine rings is 1. The average Bonchev–Trinajstić information content (AvgIpc) is 2.50. The van der Waals surface area contributed by atoms with Crippen molar-refractivity contribution in [3.63, 3.8) is 0 Å². The maximum absolute atomic E-state index is 12.9. The van der Waals surface area contributed by atoms with Crippen molar-refractivity contribution < 1.29 is 9.18 Å². The van der Waals surface area contributed by atoms with Gasteiger partial charge in [-0.3, -0.25) is 9.69 Å². The standard InChI is InChI=1S/C10H11FN2O/c1-7-2-3-9(12-6-7)13-5-4-8(11)10(13)14/h2-3,6,8H,4-5H2,1H3. The first-order chi connectivity index (χ1) is 6.68. The molecule has 1 aromatic heterocycles. The molecule has 0 aliphatic carbocycles. The van der Waals surface area contributed by atoms with Crippen LogP contribution in [0.25, 0.3) is 0 Å². The van der Waals surface area contributed by atoms with Crippen molar-refractivity contribution in [2.24, 2.45) is 0 Å². The molecule has 0 aromatic carbocycles. The van der Waals surface area contributed by atoms with Crippen LogP contribution in [0, 0.1) is 6.92 Å². The molecule has 1 fully saturated rings. The largest absolute Gasteiger partial charge is 0.294 e. The lowest BCUT2D eigenvalue weighted by Crippen LogP contribution is -2.28. The lowest BCUT2D eigenvalue weighted by Gasteiger charge is -2.13. The van der Waals surface area contributed by atoms with E-state index in [1.54, 1.807) is 12.3 Å². The molecule has 2 heterocycles. The van der Waals surface area contributed by atoms with Gasteiger partial charge in [0.2, 0.25) is 0 Å². The van der Waals surface area contributed by atoms with Crippen molar-refractivity contribution in [3.8, 4) is 0 Å². The molecule has 4 heteroatoms. The minimum absolute atomic E-state index is 0.272. The van der Waals surface area contributed by atoms with E-state index in [-0.39, 0.29) is 6.42 Å². The summed E-state index contributed by atoms with van der Waals surface area (Å²) in [6.07, 6.45) is 0.598. The van der Waals surface area contributed by atoms with Crippen molar-refractivity contribution in [1.29, 1.82) is 0 Å². The van der Waals surface area contributed by atoms with Crippen LogP contribution >= 0.6 is 0 Å². The molecule has 0 radical (unpaired) electrons. The zero-order valence-electron chi connectivity index (χ0n) is 7.90. The van der Waals surface area contributed by atoms with Gasteiger partial charge in [0, 0.05) is 19.2 Å². The summed E-state index contributed by atoms with van der Waals surface area (Å²) in [5, 5.41) is 0. The van der Waals surface area contributed by atoms with Crippen molar-refractivity contribution in [2.75, 3.05) is 11.4 Å². The highest BCUT2D eigenvalue weighted by Crippen LogP contribution is 2.20. The highest BCUT2D eigenvalue weighted by Gasteiger charge is 2.32. The van der Waals surface area contributed by atoms with Crippen LogP contribution in [-0.2, 0) is 4.79 Å². The highest BCUT2D eigenvalue weighted by molar-refractivity contribution is 5.97. The second-order valence-corrected chi connectivity index (χ2v) is 3.44. The molecule has 1 amide bonds. The molecule has 0 saturated carbocycles. The third-order valence-electron chi connectivity index (χ3n) is 2.31. The summed E-state index contributed by atoms with van der Waals surface area (Å²) in [4.78, 5) is 16.8. The lowest BCUT2D eigenvalue weighted by atomic mass is 10.3. The maximum atomic E-state index is 12.9. The first-order valence-electron chi connectivity index (χ1n) is 4.56. The Bertz CT molecular complexity index is 350. The Labute approximate surface area is 81.6 Å². The molecule has 0 spiro atoms. The monoisotopic (exact) mass is 194 g/mol. The molecular formula is C10H11FN2O. The lowest BCUT2D eigenvalue weighted by molar-refractivity contribution is -0.121. The predicted octanol–water partition coefficient (Wildman–Crippen LogP) is 1.46. The molecule has 1 unspecified atom stereocenters.